The van der Waals surface area contributed by atoms with E-state index < -0.39 is 0 Å². The first kappa shape index (κ1) is 10.8. The van der Waals surface area contributed by atoms with Crippen molar-refractivity contribution in [2.24, 2.45) is 0 Å². The van der Waals surface area contributed by atoms with E-state index in [4.69, 9.17) is 5.26 Å². The Morgan fingerprint density at radius 2 is 2.00 bits per heavy atom. The van der Waals surface area contributed by atoms with E-state index in [0.29, 0.717) is 12.8 Å². The summed E-state index contributed by atoms with van der Waals surface area (Å²) in [5.74, 6) is 0.886. The van der Waals surface area contributed by atoms with E-state index in [1.54, 1.807) is 0 Å². The molecule has 0 unspecified atom stereocenters. The van der Waals surface area contributed by atoms with E-state index in [-0.39, 0.29) is 0 Å². The Balaban J connectivity index is 2.26. The first-order chi connectivity index (χ1) is 8.70. The SMILES string of the molecule is Cc1[nH]c2ccc3[nH]c(CCC#N)nc3c2c1C. The summed E-state index contributed by atoms with van der Waals surface area (Å²) in [6.45, 7) is 4.18. The van der Waals surface area contributed by atoms with Gasteiger partial charge in [0.2, 0.25) is 0 Å². The van der Waals surface area contributed by atoms with E-state index in [2.05, 4.69) is 40.9 Å². The molecular formula is C14H14N4. The van der Waals surface area contributed by atoms with E-state index in [0.717, 1.165) is 22.4 Å². The fourth-order valence-corrected chi connectivity index (χ4v) is 2.39. The van der Waals surface area contributed by atoms with Crippen LogP contribution in [0.15, 0.2) is 12.1 Å². The Morgan fingerprint density at radius 3 is 2.78 bits per heavy atom. The summed E-state index contributed by atoms with van der Waals surface area (Å²) in [5.41, 5.74) is 5.59. The zero-order chi connectivity index (χ0) is 12.7. The van der Waals surface area contributed by atoms with Crippen molar-refractivity contribution in [3.05, 3.63) is 29.2 Å². The number of aryl methyl sites for hydroxylation is 3. The number of benzene rings is 1. The van der Waals surface area contributed by atoms with Crippen LogP contribution in [0.5, 0.6) is 0 Å². The topological polar surface area (TPSA) is 68.3 Å². The highest BCUT2D eigenvalue weighted by molar-refractivity contribution is 6.05. The molecule has 0 fully saturated rings. The van der Waals surface area contributed by atoms with E-state index in [1.165, 1.54) is 16.6 Å². The lowest BCUT2D eigenvalue weighted by atomic mass is 10.1. The fraction of sp³-hybridized carbons (Fsp3) is 0.286. The summed E-state index contributed by atoms with van der Waals surface area (Å²) in [6.07, 6.45) is 1.17. The van der Waals surface area contributed by atoms with Gasteiger partial charge in [-0.3, -0.25) is 0 Å². The molecule has 18 heavy (non-hydrogen) atoms. The molecule has 0 spiro atoms. The molecule has 0 atom stereocenters. The minimum Gasteiger partial charge on any atom is -0.358 e. The second-order valence-electron chi connectivity index (χ2n) is 4.60. The van der Waals surface area contributed by atoms with Crippen LogP contribution in [0.4, 0.5) is 0 Å². The first-order valence-corrected chi connectivity index (χ1v) is 6.04. The number of aromatic nitrogens is 3. The second kappa shape index (κ2) is 3.88. The smallest absolute Gasteiger partial charge is 0.108 e. The fourth-order valence-electron chi connectivity index (χ4n) is 2.39. The van der Waals surface area contributed by atoms with Gasteiger partial charge in [0.15, 0.2) is 0 Å². The normalized spacial score (nSPS) is 11.2. The van der Waals surface area contributed by atoms with E-state index in [9.17, 15) is 0 Å². The summed E-state index contributed by atoms with van der Waals surface area (Å²) in [4.78, 5) is 11.3. The summed E-state index contributed by atoms with van der Waals surface area (Å²) >= 11 is 0. The molecular weight excluding hydrogens is 224 g/mol. The summed E-state index contributed by atoms with van der Waals surface area (Å²) in [6, 6.07) is 6.26. The van der Waals surface area contributed by atoms with Crippen LogP contribution in [0.25, 0.3) is 21.9 Å². The molecule has 1 aromatic carbocycles. The average molecular weight is 238 g/mol. The molecule has 2 heterocycles. The molecule has 3 rings (SSSR count). The van der Waals surface area contributed by atoms with Crippen molar-refractivity contribution in [2.75, 3.05) is 0 Å². The average Bonchev–Trinajstić information content (AvgIpc) is 2.89. The number of H-pyrrole nitrogens is 2. The predicted molar refractivity (Wildman–Crippen MR) is 71.4 cm³/mol. The monoisotopic (exact) mass is 238 g/mol. The molecule has 2 N–H and O–H groups in total. The molecule has 90 valence electrons. The highest BCUT2D eigenvalue weighted by atomic mass is 14.9. The zero-order valence-electron chi connectivity index (χ0n) is 10.5. The quantitative estimate of drug-likeness (QED) is 0.720. The van der Waals surface area contributed by atoms with Gasteiger partial charge >= 0.3 is 0 Å². The summed E-state index contributed by atoms with van der Waals surface area (Å²) in [7, 11) is 0. The Kier molecular flexibility index (Phi) is 2.34. The standard InChI is InChI=1S/C14H14N4/c1-8-9(2)16-10-5-6-11-14(13(8)10)18-12(17-11)4-3-7-15/h5-6,16H,3-4H2,1-2H3,(H,17,18). The number of nitrogens with zero attached hydrogens (tertiary/aromatic N) is 2. The van der Waals surface area contributed by atoms with Crippen LogP contribution in [0, 0.1) is 25.2 Å². The van der Waals surface area contributed by atoms with Crippen LogP contribution in [-0.4, -0.2) is 15.0 Å². The molecule has 0 aliphatic carbocycles. The van der Waals surface area contributed by atoms with Crippen LogP contribution < -0.4 is 0 Å². The van der Waals surface area contributed by atoms with Crippen LogP contribution >= 0.6 is 0 Å². The van der Waals surface area contributed by atoms with Crippen molar-refractivity contribution in [2.45, 2.75) is 26.7 Å². The van der Waals surface area contributed by atoms with Gasteiger partial charge in [0.05, 0.1) is 17.1 Å². The number of imidazole rings is 1. The molecule has 0 saturated heterocycles. The maximum atomic E-state index is 8.62. The van der Waals surface area contributed by atoms with E-state index >= 15 is 0 Å². The molecule has 2 aromatic heterocycles. The van der Waals surface area contributed by atoms with Gasteiger partial charge in [-0.25, -0.2) is 4.98 Å². The third-order valence-electron chi connectivity index (χ3n) is 3.44. The number of nitrogens with one attached hydrogen (secondary N) is 2. The number of hydrogen-bond donors (Lipinski definition) is 2. The molecule has 0 radical (unpaired) electrons. The Morgan fingerprint density at radius 1 is 1.22 bits per heavy atom. The van der Waals surface area contributed by atoms with Gasteiger partial charge in [-0.1, -0.05) is 0 Å². The van der Waals surface area contributed by atoms with Crippen molar-refractivity contribution in [1.29, 1.82) is 5.26 Å². The molecule has 0 aliphatic heterocycles. The first-order valence-electron chi connectivity index (χ1n) is 6.04. The highest BCUT2D eigenvalue weighted by Gasteiger charge is 2.11. The van der Waals surface area contributed by atoms with Crippen LogP contribution in [0.3, 0.4) is 0 Å². The second-order valence-corrected chi connectivity index (χ2v) is 4.60. The predicted octanol–water partition coefficient (Wildman–Crippen LogP) is 3.12. The largest absolute Gasteiger partial charge is 0.358 e. The Bertz CT molecular complexity index is 770. The van der Waals surface area contributed by atoms with Crippen molar-refractivity contribution < 1.29 is 0 Å². The minimum absolute atomic E-state index is 0.494. The Hall–Kier alpha value is -2.28. The van der Waals surface area contributed by atoms with Crippen LogP contribution in [-0.2, 0) is 6.42 Å². The molecule has 4 heteroatoms. The van der Waals surface area contributed by atoms with E-state index in [1.807, 2.05) is 6.07 Å². The maximum Gasteiger partial charge on any atom is 0.108 e. The molecule has 0 bridgehead atoms. The third kappa shape index (κ3) is 1.48. The van der Waals surface area contributed by atoms with Gasteiger partial charge in [0.1, 0.15) is 5.82 Å². The van der Waals surface area contributed by atoms with Gasteiger partial charge < -0.3 is 9.97 Å². The number of nitriles is 1. The maximum absolute atomic E-state index is 8.62. The zero-order valence-corrected chi connectivity index (χ0v) is 10.5. The number of fused-ring (bicyclic) bond motifs is 3. The molecule has 0 aliphatic rings. The highest BCUT2D eigenvalue weighted by Crippen LogP contribution is 2.28. The van der Waals surface area contributed by atoms with Crippen molar-refractivity contribution >= 4 is 21.9 Å². The van der Waals surface area contributed by atoms with Crippen molar-refractivity contribution in [3.63, 3.8) is 0 Å². The van der Waals surface area contributed by atoms with Gasteiger partial charge in [-0.15, -0.1) is 0 Å². The van der Waals surface area contributed by atoms with Gasteiger partial charge in [-0.05, 0) is 31.5 Å². The van der Waals surface area contributed by atoms with Crippen LogP contribution in [0.1, 0.15) is 23.5 Å². The molecule has 0 amide bonds. The lowest BCUT2D eigenvalue weighted by Gasteiger charge is -1.93. The van der Waals surface area contributed by atoms with Crippen molar-refractivity contribution in [1.82, 2.24) is 15.0 Å². The molecule has 3 aromatic rings. The number of rotatable bonds is 2. The third-order valence-corrected chi connectivity index (χ3v) is 3.44. The van der Waals surface area contributed by atoms with Crippen LogP contribution in [0.2, 0.25) is 0 Å². The van der Waals surface area contributed by atoms with Gasteiger partial charge in [0, 0.05) is 29.4 Å². The van der Waals surface area contributed by atoms with Crippen molar-refractivity contribution in [3.8, 4) is 6.07 Å². The van der Waals surface area contributed by atoms with Gasteiger partial charge in [0.25, 0.3) is 0 Å². The number of aromatic amines is 2. The molecule has 4 nitrogen and oxygen atoms in total. The summed E-state index contributed by atoms with van der Waals surface area (Å²) < 4.78 is 0. The Labute approximate surface area is 105 Å². The lowest BCUT2D eigenvalue weighted by Crippen LogP contribution is -1.85. The number of hydrogen-bond acceptors (Lipinski definition) is 2. The van der Waals surface area contributed by atoms with Gasteiger partial charge in [-0.2, -0.15) is 5.26 Å². The molecule has 0 saturated carbocycles. The lowest BCUT2D eigenvalue weighted by molar-refractivity contribution is 0.924. The minimum atomic E-state index is 0.494. The summed E-state index contributed by atoms with van der Waals surface area (Å²) in [5, 5.41) is 9.81.